The smallest absolute Gasteiger partial charge is 0.162 e. The van der Waals surface area contributed by atoms with Crippen LogP contribution in [0, 0.1) is 37.2 Å². The van der Waals surface area contributed by atoms with Crippen LogP contribution in [0.4, 0.5) is 0 Å². The van der Waals surface area contributed by atoms with Gasteiger partial charge in [-0.1, -0.05) is 80.5 Å². The van der Waals surface area contributed by atoms with Crippen molar-refractivity contribution < 1.29 is 30.0 Å². The van der Waals surface area contributed by atoms with Gasteiger partial charge in [-0.2, -0.15) is 0 Å². The number of aliphatic hydroxyl groups is 1. The molecule has 0 saturated heterocycles. The third kappa shape index (κ3) is 9.15. The van der Waals surface area contributed by atoms with Gasteiger partial charge in [0, 0.05) is 64.7 Å². The van der Waals surface area contributed by atoms with Crippen molar-refractivity contribution in [2.45, 2.75) is 94.4 Å². The number of aliphatic hydroxyl groups excluding tert-OH is 1. The molecule has 0 saturated carbocycles. The number of allylic oxidation sites excluding steroid dienone is 2. The molecule has 0 fully saturated rings. The van der Waals surface area contributed by atoms with Crippen molar-refractivity contribution in [3.63, 3.8) is 0 Å². The second-order valence-electron chi connectivity index (χ2n) is 13.7. The van der Waals surface area contributed by atoms with Gasteiger partial charge in [0.15, 0.2) is 5.78 Å². The number of benzene rings is 3. The van der Waals surface area contributed by atoms with Crippen molar-refractivity contribution in [2.75, 3.05) is 0 Å². The zero-order valence-corrected chi connectivity index (χ0v) is 32.2. The number of pyridine rings is 1. The Bertz CT molecular complexity index is 1800. The van der Waals surface area contributed by atoms with Crippen LogP contribution in [0.25, 0.3) is 42.2 Å². The van der Waals surface area contributed by atoms with E-state index in [1.165, 1.54) is 48.1 Å². The van der Waals surface area contributed by atoms with Gasteiger partial charge in [0.05, 0.1) is 5.76 Å². The minimum Gasteiger partial charge on any atom is -0.512 e. The largest absolute Gasteiger partial charge is 0.512 e. The van der Waals surface area contributed by atoms with E-state index >= 15 is 0 Å². The molecule has 3 nitrogen and oxygen atoms in total. The summed E-state index contributed by atoms with van der Waals surface area (Å²) in [7, 11) is 0. The van der Waals surface area contributed by atoms with Crippen molar-refractivity contribution >= 4 is 48.1 Å². The van der Waals surface area contributed by atoms with Crippen LogP contribution in [-0.4, -0.2) is 15.9 Å². The number of rotatable bonds is 9. The van der Waals surface area contributed by atoms with Crippen molar-refractivity contribution in [1.82, 2.24) is 4.98 Å². The third-order valence-corrected chi connectivity index (χ3v) is 9.80. The number of aryl methyl sites for hydroxylation is 2. The Kier molecular flexibility index (Phi) is 13.3. The number of carbonyl (C=O) groups excluding carboxylic acids is 1. The molecule has 2 heterocycles. The molecule has 0 unspecified atom stereocenters. The van der Waals surface area contributed by atoms with Crippen molar-refractivity contribution in [3.05, 3.63) is 89.3 Å². The van der Waals surface area contributed by atoms with Crippen molar-refractivity contribution in [1.29, 1.82) is 0 Å². The maximum absolute atomic E-state index is 11.7. The maximum atomic E-state index is 11.7. The first-order valence-corrected chi connectivity index (χ1v) is 17.4. The van der Waals surface area contributed by atoms with Crippen LogP contribution in [0.1, 0.15) is 90.8 Å². The summed E-state index contributed by atoms with van der Waals surface area (Å²) < 4.78 is 2.57. The zero-order chi connectivity index (χ0) is 32.9. The van der Waals surface area contributed by atoms with Gasteiger partial charge in [0.1, 0.15) is 0 Å². The monoisotopic (exact) mass is 813 g/mol. The number of ketones is 1. The first-order valence-electron chi connectivity index (χ1n) is 16.6. The Hall–Kier alpha value is -2.85. The van der Waals surface area contributed by atoms with Gasteiger partial charge in [0.2, 0.25) is 0 Å². The fourth-order valence-electron chi connectivity index (χ4n) is 6.21. The maximum Gasteiger partial charge on any atom is 0.162 e. The second-order valence-corrected chi connectivity index (χ2v) is 14.7. The van der Waals surface area contributed by atoms with Crippen LogP contribution in [0.2, 0.25) is 0 Å². The van der Waals surface area contributed by atoms with E-state index in [1.54, 1.807) is 0 Å². The molecule has 0 bridgehead atoms. The molecular formula is C41H50IrNO2S-. The van der Waals surface area contributed by atoms with Crippen molar-refractivity contribution in [2.24, 2.45) is 17.3 Å². The number of hydrogen-bond acceptors (Lipinski definition) is 4. The molecule has 0 aliphatic rings. The summed E-state index contributed by atoms with van der Waals surface area (Å²) in [6, 6.07) is 21.6. The van der Waals surface area contributed by atoms with Gasteiger partial charge in [-0.05, 0) is 77.4 Å². The normalized spacial score (nSPS) is 12.1. The predicted octanol–water partition coefficient (Wildman–Crippen LogP) is 12.1. The molecule has 0 atom stereocenters. The molecule has 46 heavy (non-hydrogen) atoms. The summed E-state index contributed by atoms with van der Waals surface area (Å²) in [5.41, 5.74) is 6.22. The average molecular weight is 813 g/mol. The quantitative estimate of drug-likeness (QED) is 0.0916. The van der Waals surface area contributed by atoms with Crippen LogP contribution < -0.4 is 0 Å². The van der Waals surface area contributed by atoms with E-state index in [2.05, 4.69) is 89.2 Å². The molecule has 5 aromatic rings. The first-order chi connectivity index (χ1) is 21.4. The summed E-state index contributed by atoms with van der Waals surface area (Å²) >= 11 is 1.84. The SMILES string of the molecule is CCC(CC)C(=O)/C=C(\O)C(CC)CC.Cc1[c-]c(-c2nccc3c2sc2cc4ccc(CC(C)(C)C)cc4cc23)cc(C)c1.[Ir]. The molecule has 0 spiro atoms. The zero-order valence-electron chi connectivity index (χ0n) is 29.0. The van der Waals surface area contributed by atoms with Gasteiger partial charge in [-0.3, -0.25) is 4.79 Å². The van der Waals surface area contributed by atoms with E-state index in [1.807, 2.05) is 45.2 Å². The molecule has 3 aromatic carbocycles. The van der Waals surface area contributed by atoms with Gasteiger partial charge in [-0.25, -0.2) is 0 Å². The number of carbonyl (C=O) groups is 1. The molecule has 1 N–H and O–H groups in total. The average Bonchev–Trinajstić information content (AvgIpc) is 3.33. The Morgan fingerprint density at radius 1 is 0.891 bits per heavy atom. The molecule has 5 heteroatoms. The van der Waals surface area contributed by atoms with E-state index in [9.17, 15) is 9.90 Å². The Labute approximate surface area is 293 Å². The van der Waals surface area contributed by atoms with E-state index in [4.69, 9.17) is 4.98 Å². The third-order valence-electron chi connectivity index (χ3n) is 8.63. The van der Waals surface area contributed by atoms with E-state index in [0.29, 0.717) is 0 Å². The molecule has 0 amide bonds. The minimum absolute atomic E-state index is 0. The number of thiophene rings is 1. The summed E-state index contributed by atoms with van der Waals surface area (Å²) in [5.74, 6) is 0.547. The molecule has 0 aliphatic carbocycles. The van der Waals surface area contributed by atoms with Crippen LogP contribution in [0.5, 0.6) is 0 Å². The molecule has 1 radical (unpaired) electrons. The predicted molar refractivity (Wildman–Crippen MR) is 195 cm³/mol. The summed E-state index contributed by atoms with van der Waals surface area (Å²) in [6.45, 7) is 19.2. The summed E-state index contributed by atoms with van der Waals surface area (Å²) in [5, 5.41) is 15.0. The standard InChI is InChI=1S/C28H26NS.C13H24O2.Ir/c1-17-10-18(2)12-22(11-17)26-27-23(8-9-29-26)24-14-21-13-19(16-28(3,4)5)6-7-20(21)15-25(24)30-27;1-5-10(6-2)12(14)9-13(15)11(7-3)8-4;/h6-11,13-15H,16H2,1-5H3;9-11,14H,5-8H2,1-4H3;/q-1;;/b;12-9-;. The van der Waals surface area contributed by atoms with Gasteiger partial charge in [-0.15, -0.1) is 46.2 Å². The fraction of sp³-hybridized carbons (Fsp3) is 0.415. The molecule has 247 valence electrons. The minimum atomic E-state index is 0. The number of aromatic nitrogens is 1. The second kappa shape index (κ2) is 16.3. The van der Waals surface area contributed by atoms with Crippen LogP contribution in [0.15, 0.2) is 66.6 Å². The molecule has 0 aliphatic heterocycles. The number of hydrogen-bond donors (Lipinski definition) is 1. The summed E-state index contributed by atoms with van der Waals surface area (Å²) in [6.07, 6.45) is 7.93. The summed E-state index contributed by atoms with van der Waals surface area (Å²) in [4.78, 5) is 16.5. The first kappa shape index (κ1) is 37.6. The Morgan fingerprint density at radius 2 is 1.57 bits per heavy atom. The number of nitrogens with zero attached hydrogens (tertiary/aromatic N) is 1. The molecule has 2 aromatic heterocycles. The van der Waals surface area contributed by atoms with E-state index < -0.39 is 0 Å². The van der Waals surface area contributed by atoms with Gasteiger partial charge >= 0.3 is 0 Å². The Morgan fingerprint density at radius 3 is 2.17 bits per heavy atom. The van der Waals surface area contributed by atoms with Gasteiger partial charge in [0.25, 0.3) is 0 Å². The Balaban J connectivity index is 0.000000309. The van der Waals surface area contributed by atoms with E-state index in [0.717, 1.165) is 48.9 Å². The van der Waals surface area contributed by atoms with Crippen molar-refractivity contribution in [3.8, 4) is 11.3 Å². The number of fused-ring (bicyclic) bond motifs is 4. The topological polar surface area (TPSA) is 50.2 Å². The fourth-order valence-corrected chi connectivity index (χ4v) is 7.44. The van der Waals surface area contributed by atoms with Crippen LogP contribution in [-0.2, 0) is 31.3 Å². The molecular weight excluding hydrogens is 763 g/mol. The van der Waals surface area contributed by atoms with Gasteiger partial charge < -0.3 is 10.1 Å². The van der Waals surface area contributed by atoms with Crippen LogP contribution >= 0.6 is 11.3 Å². The van der Waals surface area contributed by atoms with Crippen LogP contribution in [0.3, 0.4) is 0 Å². The van der Waals surface area contributed by atoms with E-state index in [-0.39, 0.29) is 48.9 Å². The molecule has 5 rings (SSSR count).